The average Bonchev–Trinajstić information content (AvgIpc) is 2.21. The fraction of sp³-hybridized carbons (Fsp3) is 1.00. The maximum atomic E-state index is 12.5. The van der Waals surface area contributed by atoms with Gasteiger partial charge in [-0.15, -0.1) is 0 Å². The fourth-order valence-electron chi connectivity index (χ4n) is 1.67. The van der Waals surface area contributed by atoms with Crippen molar-refractivity contribution in [1.82, 2.24) is 0 Å². The van der Waals surface area contributed by atoms with E-state index in [9.17, 15) is 4.57 Å². The number of hydrogen-bond acceptors (Lipinski definition) is 1. The SMILES string of the molecule is CCCCP(=O)(CCCC)CCCC.[Br-].[Li+]. The van der Waals surface area contributed by atoms with Gasteiger partial charge in [0.15, 0.2) is 0 Å². The van der Waals surface area contributed by atoms with Crippen molar-refractivity contribution in [1.29, 1.82) is 0 Å². The van der Waals surface area contributed by atoms with Gasteiger partial charge >= 0.3 is 18.9 Å². The Morgan fingerprint density at radius 2 is 1.00 bits per heavy atom. The topological polar surface area (TPSA) is 17.1 Å². The minimum atomic E-state index is -1.77. The zero-order valence-corrected chi connectivity index (χ0v) is 14.1. The van der Waals surface area contributed by atoms with Crippen LogP contribution in [0.3, 0.4) is 0 Å². The van der Waals surface area contributed by atoms with E-state index in [1.54, 1.807) is 0 Å². The monoisotopic (exact) mass is 304 g/mol. The Morgan fingerprint density at radius 3 is 1.19 bits per heavy atom. The summed E-state index contributed by atoms with van der Waals surface area (Å²) in [6, 6.07) is 0. The minimum absolute atomic E-state index is 0. The van der Waals surface area contributed by atoms with Crippen LogP contribution in [0.25, 0.3) is 0 Å². The first-order valence-corrected chi connectivity index (χ1v) is 8.52. The Hall–Kier alpha value is 1.31. The summed E-state index contributed by atoms with van der Waals surface area (Å²) in [5, 5.41) is 0. The van der Waals surface area contributed by atoms with Crippen LogP contribution in [0.15, 0.2) is 0 Å². The summed E-state index contributed by atoms with van der Waals surface area (Å²) in [7, 11) is -1.77. The van der Waals surface area contributed by atoms with Gasteiger partial charge in [-0.2, -0.15) is 0 Å². The van der Waals surface area contributed by atoms with Crippen LogP contribution in [0, 0.1) is 0 Å². The Bertz CT molecular complexity index is 148. The summed E-state index contributed by atoms with van der Waals surface area (Å²) in [5.74, 6) is 0. The molecule has 0 unspecified atom stereocenters. The van der Waals surface area contributed by atoms with Gasteiger partial charge in [-0.25, -0.2) is 0 Å². The zero-order chi connectivity index (χ0) is 10.9. The maximum Gasteiger partial charge on any atom is 1.00 e. The summed E-state index contributed by atoms with van der Waals surface area (Å²) in [6.45, 7) is 6.55. The number of unbranched alkanes of at least 4 members (excludes halogenated alkanes) is 3. The van der Waals surface area contributed by atoms with E-state index in [1.165, 1.54) is 19.3 Å². The second-order valence-corrected chi connectivity index (χ2v) is 7.75. The van der Waals surface area contributed by atoms with Gasteiger partial charge in [0.1, 0.15) is 0 Å². The van der Waals surface area contributed by atoms with E-state index in [-0.39, 0.29) is 35.8 Å². The van der Waals surface area contributed by atoms with E-state index in [0.717, 1.165) is 37.7 Å². The molecule has 0 saturated heterocycles. The van der Waals surface area contributed by atoms with Gasteiger partial charge in [-0.05, 0) is 19.3 Å². The third-order valence-corrected chi connectivity index (χ3v) is 6.15. The first-order chi connectivity index (χ1) is 6.68. The number of rotatable bonds is 9. The molecule has 0 N–H and O–H groups in total. The predicted octanol–water partition coefficient (Wildman–Crippen LogP) is -1.24. The van der Waals surface area contributed by atoms with E-state index >= 15 is 0 Å². The molecule has 0 aliphatic heterocycles. The van der Waals surface area contributed by atoms with Crippen LogP contribution in [0.5, 0.6) is 0 Å². The van der Waals surface area contributed by atoms with Gasteiger partial charge in [0.05, 0.1) is 7.14 Å². The molecule has 16 heavy (non-hydrogen) atoms. The normalized spacial score (nSPS) is 10.4. The Kier molecular flexibility index (Phi) is 20.2. The van der Waals surface area contributed by atoms with Crippen molar-refractivity contribution in [3.05, 3.63) is 0 Å². The summed E-state index contributed by atoms with van der Waals surface area (Å²) < 4.78 is 12.5. The van der Waals surface area contributed by atoms with Gasteiger partial charge in [0.25, 0.3) is 0 Å². The first kappa shape index (κ1) is 22.5. The molecule has 0 radical (unpaired) electrons. The minimum Gasteiger partial charge on any atom is -1.00 e. The van der Waals surface area contributed by atoms with Gasteiger partial charge in [-0.1, -0.05) is 40.0 Å². The molecule has 4 heteroatoms. The largest absolute Gasteiger partial charge is 1.00 e. The van der Waals surface area contributed by atoms with Crippen LogP contribution < -0.4 is 35.8 Å². The number of hydrogen-bond donors (Lipinski definition) is 0. The van der Waals surface area contributed by atoms with Crippen LogP contribution >= 0.6 is 7.14 Å². The molecule has 94 valence electrons. The molecule has 0 heterocycles. The standard InChI is InChI=1S/C12H27OP.BrH.Li/c1-4-7-10-14(13,11-8-5-2)12-9-6-3;;/h4-12H2,1-3H3;1H;/q;;+1/p-1. The van der Waals surface area contributed by atoms with Crippen LogP contribution in [0.2, 0.25) is 0 Å². The summed E-state index contributed by atoms with van der Waals surface area (Å²) in [5.41, 5.74) is 0. The molecule has 0 aromatic carbocycles. The third-order valence-electron chi connectivity index (χ3n) is 2.76. The van der Waals surface area contributed by atoms with Crippen molar-refractivity contribution in [2.45, 2.75) is 59.3 Å². The van der Waals surface area contributed by atoms with Crippen molar-refractivity contribution in [3.8, 4) is 0 Å². The molecule has 0 spiro atoms. The molecular formula is C12H27BrLiOP. The van der Waals surface area contributed by atoms with Gasteiger partial charge in [-0.3, -0.25) is 0 Å². The smallest absolute Gasteiger partial charge is 1.00 e. The van der Waals surface area contributed by atoms with Crippen molar-refractivity contribution >= 4 is 7.14 Å². The van der Waals surface area contributed by atoms with Crippen LogP contribution in [0.4, 0.5) is 0 Å². The average molecular weight is 305 g/mol. The zero-order valence-electron chi connectivity index (χ0n) is 11.6. The fourth-order valence-corrected chi connectivity index (χ4v) is 5.02. The van der Waals surface area contributed by atoms with E-state index in [2.05, 4.69) is 20.8 Å². The summed E-state index contributed by atoms with van der Waals surface area (Å²) in [6.07, 6.45) is 10.0. The van der Waals surface area contributed by atoms with Gasteiger partial charge in [0, 0.05) is 18.5 Å². The molecular weight excluding hydrogens is 278 g/mol. The Morgan fingerprint density at radius 1 is 0.750 bits per heavy atom. The molecule has 0 atom stereocenters. The molecule has 0 aromatic rings. The second-order valence-electron chi connectivity index (χ2n) is 4.29. The number of halogens is 1. The molecule has 0 aliphatic carbocycles. The molecule has 0 fully saturated rings. The van der Waals surface area contributed by atoms with Crippen molar-refractivity contribution in [3.63, 3.8) is 0 Å². The summed E-state index contributed by atoms with van der Waals surface area (Å²) >= 11 is 0. The van der Waals surface area contributed by atoms with E-state index in [1.807, 2.05) is 0 Å². The van der Waals surface area contributed by atoms with Crippen molar-refractivity contribution in [2.24, 2.45) is 0 Å². The van der Waals surface area contributed by atoms with Crippen LogP contribution in [-0.4, -0.2) is 18.5 Å². The van der Waals surface area contributed by atoms with Crippen molar-refractivity contribution < 1.29 is 40.4 Å². The summed E-state index contributed by atoms with van der Waals surface area (Å²) in [4.78, 5) is 0. The van der Waals surface area contributed by atoms with E-state index in [0.29, 0.717) is 0 Å². The molecule has 0 aliphatic rings. The Labute approximate surface area is 125 Å². The quantitative estimate of drug-likeness (QED) is 0.385. The molecule has 0 aromatic heterocycles. The molecule has 0 saturated carbocycles. The van der Waals surface area contributed by atoms with Crippen LogP contribution in [0.1, 0.15) is 59.3 Å². The van der Waals surface area contributed by atoms with Gasteiger partial charge < -0.3 is 21.5 Å². The van der Waals surface area contributed by atoms with Crippen molar-refractivity contribution in [2.75, 3.05) is 18.5 Å². The predicted molar refractivity (Wildman–Crippen MR) is 66.9 cm³/mol. The van der Waals surface area contributed by atoms with Gasteiger partial charge in [0.2, 0.25) is 0 Å². The maximum absolute atomic E-state index is 12.5. The van der Waals surface area contributed by atoms with E-state index < -0.39 is 7.14 Å². The first-order valence-electron chi connectivity index (χ1n) is 6.25. The molecule has 0 rings (SSSR count). The second kappa shape index (κ2) is 14.4. The molecule has 0 amide bonds. The van der Waals surface area contributed by atoms with E-state index in [4.69, 9.17) is 0 Å². The molecule has 0 bridgehead atoms. The third kappa shape index (κ3) is 11.8. The van der Waals surface area contributed by atoms with Crippen LogP contribution in [-0.2, 0) is 4.57 Å². The Balaban J connectivity index is -0.000000845. The molecule has 1 nitrogen and oxygen atoms in total.